The SMILES string of the molecule is CCC(CC)N(CCO)C(C(=O)NN)C(C)C. The molecule has 4 N–H and O–H groups in total. The van der Waals surface area contributed by atoms with Gasteiger partial charge in [-0.25, -0.2) is 5.84 Å². The number of nitrogens with one attached hydrogen (secondary N) is 1. The van der Waals surface area contributed by atoms with Crippen LogP contribution in [0.25, 0.3) is 0 Å². The highest BCUT2D eigenvalue weighted by Gasteiger charge is 2.31. The lowest BCUT2D eigenvalue weighted by Gasteiger charge is -2.38. The summed E-state index contributed by atoms with van der Waals surface area (Å²) in [5, 5.41) is 9.16. The highest BCUT2D eigenvalue weighted by Crippen LogP contribution is 2.18. The topological polar surface area (TPSA) is 78.6 Å². The predicted molar refractivity (Wildman–Crippen MR) is 69.1 cm³/mol. The third kappa shape index (κ3) is 4.61. The van der Waals surface area contributed by atoms with Crippen LogP contribution in [0.3, 0.4) is 0 Å². The fraction of sp³-hybridized carbons (Fsp3) is 0.917. The van der Waals surface area contributed by atoms with Crippen molar-refractivity contribution in [3.8, 4) is 0 Å². The van der Waals surface area contributed by atoms with Crippen molar-refractivity contribution in [2.45, 2.75) is 52.6 Å². The van der Waals surface area contributed by atoms with E-state index < -0.39 is 0 Å². The summed E-state index contributed by atoms with van der Waals surface area (Å²) in [7, 11) is 0. The molecule has 0 aliphatic rings. The third-order valence-electron chi connectivity index (χ3n) is 3.17. The van der Waals surface area contributed by atoms with Crippen molar-refractivity contribution in [3.05, 3.63) is 0 Å². The Balaban J connectivity index is 5.00. The molecule has 5 nitrogen and oxygen atoms in total. The van der Waals surface area contributed by atoms with E-state index in [0.717, 1.165) is 12.8 Å². The molecule has 0 bridgehead atoms. The monoisotopic (exact) mass is 245 g/mol. The van der Waals surface area contributed by atoms with E-state index in [1.807, 2.05) is 13.8 Å². The number of nitrogens with zero attached hydrogens (tertiary/aromatic N) is 1. The Morgan fingerprint density at radius 1 is 1.35 bits per heavy atom. The zero-order valence-electron chi connectivity index (χ0n) is 11.4. The van der Waals surface area contributed by atoms with Crippen LogP contribution in [-0.4, -0.2) is 41.1 Å². The Morgan fingerprint density at radius 3 is 2.18 bits per heavy atom. The number of nitrogens with two attached hydrogens (primary N) is 1. The van der Waals surface area contributed by atoms with Crippen molar-refractivity contribution in [2.24, 2.45) is 11.8 Å². The maximum atomic E-state index is 11.8. The van der Waals surface area contributed by atoms with Gasteiger partial charge in [-0.1, -0.05) is 27.7 Å². The van der Waals surface area contributed by atoms with Gasteiger partial charge in [-0.15, -0.1) is 0 Å². The van der Waals surface area contributed by atoms with Crippen molar-refractivity contribution >= 4 is 5.91 Å². The number of carbonyl (C=O) groups is 1. The van der Waals surface area contributed by atoms with E-state index in [4.69, 9.17) is 10.9 Å². The molecule has 5 heteroatoms. The highest BCUT2D eigenvalue weighted by molar-refractivity contribution is 5.81. The summed E-state index contributed by atoms with van der Waals surface area (Å²) < 4.78 is 0. The average molecular weight is 245 g/mol. The van der Waals surface area contributed by atoms with Gasteiger partial charge in [0.1, 0.15) is 0 Å². The van der Waals surface area contributed by atoms with E-state index in [9.17, 15) is 4.79 Å². The molecular weight excluding hydrogens is 218 g/mol. The fourth-order valence-electron chi connectivity index (χ4n) is 2.34. The van der Waals surface area contributed by atoms with Crippen LogP contribution in [0.2, 0.25) is 0 Å². The number of amides is 1. The van der Waals surface area contributed by atoms with Gasteiger partial charge in [0.05, 0.1) is 12.6 Å². The maximum Gasteiger partial charge on any atom is 0.251 e. The average Bonchev–Trinajstić information content (AvgIpc) is 2.30. The number of carbonyl (C=O) groups excluding carboxylic acids is 1. The van der Waals surface area contributed by atoms with Gasteiger partial charge in [-0.2, -0.15) is 0 Å². The Morgan fingerprint density at radius 2 is 1.88 bits per heavy atom. The van der Waals surface area contributed by atoms with Crippen LogP contribution in [0, 0.1) is 5.92 Å². The van der Waals surface area contributed by atoms with Gasteiger partial charge in [-0.05, 0) is 18.8 Å². The van der Waals surface area contributed by atoms with Crippen LogP contribution >= 0.6 is 0 Å². The number of aliphatic hydroxyl groups excluding tert-OH is 1. The smallest absolute Gasteiger partial charge is 0.251 e. The second-order valence-electron chi connectivity index (χ2n) is 4.63. The molecule has 0 spiro atoms. The minimum absolute atomic E-state index is 0.0531. The molecular formula is C12H27N3O2. The van der Waals surface area contributed by atoms with E-state index in [0.29, 0.717) is 12.6 Å². The lowest BCUT2D eigenvalue weighted by molar-refractivity contribution is -0.129. The van der Waals surface area contributed by atoms with Gasteiger partial charge in [0.2, 0.25) is 0 Å². The van der Waals surface area contributed by atoms with Crippen LogP contribution in [0.1, 0.15) is 40.5 Å². The molecule has 0 radical (unpaired) electrons. The minimum atomic E-state index is -0.281. The number of aliphatic hydroxyl groups is 1. The normalized spacial score (nSPS) is 13.5. The summed E-state index contributed by atoms with van der Waals surface area (Å²) in [6.07, 6.45) is 1.91. The van der Waals surface area contributed by atoms with E-state index in [2.05, 4.69) is 24.2 Å². The van der Waals surface area contributed by atoms with Crippen molar-refractivity contribution in [1.29, 1.82) is 0 Å². The van der Waals surface area contributed by atoms with Gasteiger partial charge in [0, 0.05) is 12.6 Å². The molecule has 0 saturated carbocycles. The standard InChI is InChI=1S/C12H27N3O2/c1-5-10(6-2)15(7-8-16)11(9(3)4)12(17)14-13/h9-11,16H,5-8,13H2,1-4H3,(H,14,17). The number of hydrogen-bond donors (Lipinski definition) is 3. The third-order valence-corrected chi connectivity index (χ3v) is 3.17. The second kappa shape index (κ2) is 8.44. The molecule has 1 atom stereocenters. The molecule has 0 saturated heterocycles. The summed E-state index contributed by atoms with van der Waals surface area (Å²) in [5.41, 5.74) is 2.23. The van der Waals surface area contributed by atoms with Crippen LogP contribution in [0.15, 0.2) is 0 Å². The van der Waals surface area contributed by atoms with Gasteiger partial charge in [-0.3, -0.25) is 15.1 Å². The number of rotatable bonds is 8. The summed E-state index contributed by atoms with van der Waals surface area (Å²) in [6.45, 7) is 8.73. The first kappa shape index (κ1) is 16.4. The van der Waals surface area contributed by atoms with Crippen LogP contribution in [0.4, 0.5) is 0 Å². The van der Waals surface area contributed by atoms with Crippen molar-refractivity contribution < 1.29 is 9.90 Å². The Hall–Kier alpha value is -0.650. The van der Waals surface area contributed by atoms with Crippen LogP contribution in [-0.2, 0) is 4.79 Å². The number of hydrazine groups is 1. The maximum absolute atomic E-state index is 11.8. The molecule has 0 heterocycles. The van der Waals surface area contributed by atoms with E-state index >= 15 is 0 Å². The first-order valence-corrected chi connectivity index (χ1v) is 6.40. The molecule has 1 unspecified atom stereocenters. The fourth-order valence-corrected chi connectivity index (χ4v) is 2.34. The zero-order valence-corrected chi connectivity index (χ0v) is 11.4. The Bertz CT molecular complexity index is 218. The molecule has 0 aliphatic heterocycles. The van der Waals surface area contributed by atoms with Gasteiger partial charge in [0.25, 0.3) is 5.91 Å². The summed E-state index contributed by atoms with van der Waals surface area (Å²) in [6, 6.07) is 0.0175. The molecule has 0 rings (SSSR count). The predicted octanol–water partition coefficient (Wildman–Crippen LogP) is 0.484. The second-order valence-corrected chi connectivity index (χ2v) is 4.63. The molecule has 0 aromatic carbocycles. The van der Waals surface area contributed by atoms with Gasteiger partial charge >= 0.3 is 0 Å². The summed E-state index contributed by atoms with van der Waals surface area (Å²) in [4.78, 5) is 13.9. The Kier molecular flexibility index (Phi) is 8.12. The van der Waals surface area contributed by atoms with Gasteiger partial charge < -0.3 is 5.11 Å². The highest BCUT2D eigenvalue weighted by atomic mass is 16.3. The minimum Gasteiger partial charge on any atom is -0.395 e. The molecule has 102 valence electrons. The van der Waals surface area contributed by atoms with Crippen LogP contribution in [0.5, 0.6) is 0 Å². The molecule has 0 aromatic rings. The molecule has 0 aromatic heterocycles. The van der Waals surface area contributed by atoms with E-state index in [-0.39, 0.29) is 24.5 Å². The van der Waals surface area contributed by atoms with E-state index in [1.54, 1.807) is 0 Å². The number of hydrogen-bond acceptors (Lipinski definition) is 4. The van der Waals surface area contributed by atoms with Crippen LogP contribution < -0.4 is 11.3 Å². The van der Waals surface area contributed by atoms with Crippen molar-refractivity contribution in [1.82, 2.24) is 10.3 Å². The zero-order chi connectivity index (χ0) is 13.4. The van der Waals surface area contributed by atoms with E-state index in [1.165, 1.54) is 0 Å². The molecule has 1 amide bonds. The van der Waals surface area contributed by atoms with Gasteiger partial charge in [0.15, 0.2) is 0 Å². The van der Waals surface area contributed by atoms with Crippen molar-refractivity contribution in [3.63, 3.8) is 0 Å². The molecule has 0 aliphatic carbocycles. The van der Waals surface area contributed by atoms with Crippen molar-refractivity contribution in [2.75, 3.05) is 13.2 Å². The first-order chi connectivity index (χ1) is 8.03. The first-order valence-electron chi connectivity index (χ1n) is 6.40. The lowest BCUT2D eigenvalue weighted by Crippen LogP contribution is -2.55. The quantitative estimate of drug-likeness (QED) is 0.330. The summed E-state index contributed by atoms with van der Waals surface area (Å²) >= 11 is 0. The lowest BCUT2D eigenvalue weighted by atomic mass is 9.98. The summed E-state index contributed by atoms with van der Waals surface area (Å²) in [5.74, 6) is 5.22. The molecule has 0 fully saturated rings. The Labute approximate surface area is 104 Å². The largest absolute Gasteiger partial charge is 0.395 e. The molecule has 17 heavy (non-hydrogen) atoms.